The zero-order valence-corrected chi connectivity index (χ0v) is 17.5. The summed E-state index contributed by atoms with van der Waals surface area (Å²) in [5, 5.41) is 6.71. The molecular formula is C20H29ClN4O3. The minimum absolute atomic E-state index is 0.101. The number of amides is 1. The van der Waals surface area contributed by atoms with Gasteiger partial charge < -0.3 is 20.3 Å². The predicted octanol–water partition coefficient (Wildman–Crippen LogP) is 2.83. The van der Waals surface area contributed by atoms with Crippen molar-refractivity contribution in [1.82, 2.24) is 10.2 Å². The van der Waals surface area contributed by atoms with E-state index in [9.17, 15) is 9.59 Å². The number of piperidine rings is 1. The number of halogens is 1. The Morgan fingerprint density at radius 3 is 2.89 bits per heavy atom. The first-order valence-electron chi connectivity index (χ1n) is 9.63. The molecule has 8 heteroatoms. The van der Waals surface area contributed by atoms with Crippen LogP contribution in [0.15, 0.2) is 23.2 Å². The molecule has 1 saturated heterocycles. The van der Waals surface area contributed by atoms with E-state index >= 15 is 0 Å². The number of hydrogen-bond acceptors (Lipinski definition) is 4. The molecule has 1 aliphatic rings. The lowest BCUT2D eigenvalue weighted by Gasteiger charge is -2.33. The molecular weight excluding hydrogens is 380 g/mol. The van der Waals surface area contributed by atoms with Crippen LogP contribution in [-0.4, -0.2) is 56.0 Å². The maximum absolute atomic E-state index is 12.2. The Labute approximate surface area is 171 Å². The largest absolute Gasteiger partial charge is 0.466 e. The van der Waals surface area contributed by atoms with Crippen LogP contribution in [0.2, 0.25) is 5.02 Å². The van der Waals surface area contributed by atoms with Gasteiger partial charge in [-0.1, -0.05) is 17.7 Å². The number of likely N-dealkylation sites (tertiary alicyclic amines) is 1. The summed E-state index contributed by atoms with van der Waals surface area (Å²) in [4.78, 5) is 30.6. The Morgan fingerprint density at radius 2 is 2.18 bits per heavy atom. The highest BCUT2D eigenvalue weighted by molar-refractivity contribution is 6.31. The minimum atomic E-state index is -0.154. The molecule has 1 atom stereocenters. The fraction of sp³-hybridized carbons (Fsp3) is 0.550. The molecule has 0 saturated carbocycles. The third-order valence-electron chi connectivity index (χ3n) is 4.73. The number of guanidine groups is 1. The first-order chi connectivity index (χ1) is 13.5. The zero-order valence-electron chi connectivity index (χ0n) is 16.8. The molecule has 1 amide bonds. The van der Waals surface area contributed by atoms with Gasteiger partial charge in [-0.05, 0) is 44.4 Å². The molecule has 0 aliphatic carbocycles. The van der Waals surface area contributed by atoms with E-state index in [0.717, 1.165) is 30.6 Å². The van der Waals surface area contributed by atoms with Gasteiger partial charge in [0.2, 0.25) is 5.91 Å². The van der Waals surface area contributed by atoms with Gasteiger partial charge in [-0.15, -0.1) is 0 Å². The van der Waals surface area contributed by atoms with Gasteiger partial charge in [0.25, 0.3) is 0 Å². The van der Waals surface area contributed by atoms with Gasteiger partial charge in [0.05, 0.1) is 12.5 Å². The molecule has 154 valence electrons. The third kappa shape index (κ3) is 6.12. The van der Waals surface area contributed by atoms with Crippen molar-refractivity contribution in [3.8, 4) is 0 Å². The quantitative estimate of drug-likeness (QED) is 0.429. The molecule has 1 aromatic carbocycles. The number of esters is 1. The summed E-state index contributed by atoms with van der Waals surface area (Å²) in [5.41, 5.74) is 1.56. The lowest BCUT2D eigenvalue weighted by atomic mass is 9.98. The van der Waals surface area contributed by atoms with E-state index in [-0.39, 0.29) is 17.8 Å². The molecule has 28 heavy (non-hydrogen) atoms. The normalized spacial score (nSPS) is 17.2. The first kappa shape index (κ1) is 22.0. The molecule has 2 N–H and O–H groups in total. The van der Waals surface area contributed by atoms with Crippen LogP contribution in [0, 0.1) is 12.8 Å². The Kier molecular flexibility index (Phi) is 8.57. The van der Waals surface area contributed by atoms with Crippen LogP contribution in [0.3, 0.4) is 0 Å². The lowest BCUT2D eigenvalue weighted by Crippen LogP contribution is -2.48. The maximum atomic E-state index is 12.2. The average molecular weight is 409 g/mol. The van der Waals surface area contributed by atoms with Crippen LogP contribution in [0.5, 0.6) is 0 Å². The Hall–Kier alpha value is -2.28. The number of anilines is 1. The van der Waals surface area contributed by atoms with Crippen molar-refractivity contribution in [2.45, 2.75) is 33.1 Å². The first-order valence-corrected chi connectivity index (χ1v) is 10.0. The second-order valence-electron chi connectivity index (χ2n) is 6.72. The highest BCUT2D eigenvalue weighted by Crippen LogP contribution is 2.23. The van der Waals surface area contributed by atoms with Crippen molar-refractivity contribution in [3.63, 3.8) is 0 Å². The van der Waals surface area contributed by atoms with Gasteiger partial charge in [0, 0.05) is 43.8 Å². The molecule has 0 radical (unpaired) electrons. The summed E-state index contributed by atoms with van der Waals surface area (Å²) in [6.07, 6.45) is 2.02. The number of rotatable bonds is 6. The van der Waals surface area contributed by atoms with Crippen molar-refractivity contribution in [2.75, 3.05) is 38.6 Å². The monoisotopic (exact) mass is 408 g/mol. The number of carbonyl (C=O) groups is 2. The fourth-order valence-corrected chi connectivity index (χ4v) is 3.37. The number of aliphatic imine (C=N–C) groups is 1. The second kappa shape index (κ2) is 10.9. The van der Waals surface area contributed by atoms with E-state index < -0.39 is 0 Å². The molecule has 1 unspecified atom stereocenters. The van der Waals surface area contributed by atoms with Gasteiger partial charge in [-0.25, -0.2) is 0 Å². The SMILES string of the molecule is CCOC(=O)C1CCCN(C(=NC)NCCC(=O)Nc2cccc(Cl)c2C)C1. The van der Waals surface area contributed by atoms with E-state index in [2.05, 4.69) is 15.6 Å². The van der Waals surface area contributed by atoms with Crippen LogP contribution in [0.4, 0.5) is 5.69 Å². The molecule has 0 spiro atoms. The van der Waals surface area contributed by atoms with Crippen LogP contribution in [-0.2, 0) is 14.3 Å². The van der Waals surface area contributed by atoms with Gasteiger partial charge in [-0.2, -0.15) is 0 Å². The Morgan fingerprint density at radius 1 is 1.39 bits per heavy atom. The van der Waals surface area contributed by atoms with Crippen molar-refractivity contribution in [2.24, 2.45) is 10.9 Å². The smallest absolute Gasteiger partial charge is 0.310 e. The highest BCUT2D eigenvalue weighted by Gasteiger charge is 2.28. The average Bonchev–Trinajstić information content (AvgIpc) is 2.69. The van der Waals surface area contributed by atoms with E-state index in [1.54, 1.807) is 19.2 Å². The van der Waals surface area contributed by atoms with Crippen molar-refractivity contribution < 1.29 is 14.3 Å². The molecule has 7 nitrogen and oxygen atoms in total. The van der Waals surface area contributed by atoms with Crippen molar-refractivity contribution >= 4 is 35.1 Å². The number of ether oxygens (including phenoxy) is 1. The van der Waals surface area contributed by atoms with E-state index in [0.29, 0.717) is 37.1 Å². The third-order valence-corrected chi connectivity index (χ3v) is 5.14. The van der Waals surface area contributed by atoms with Gasteiger partial charge in [0.1, 0.15) is 0 Å². The summed E-state index contributed by atoms with van der Waals surface area (Å²) in [5.74, 6) is 0.303. The number of carbonyl (C=O) groups excluding carboxylic acids is 2. The second-order valence-corrected chi connectivity index (χ2v) is 7.13. The molecule has 0 aromatic heterocycles. The van der Waals surface area contributed by atoms with Crippen molar-refractivity contribution in [1.29, 1.82) is 0 Å². The van der Waals surface area contributed by atoms with Crippen LogP contribution in [0.25, 0.3) is 0 Å². The molecule has 1 heterocycles. The minimum Gasteiger partial charge on any atom is -0.466 e. The highest BCUT2D eigenvalue weighted by atomic mass is 35.5. The molecule has 1 aliphatic heterocycles. The van der Waals surface area contributed by atoms with E-state index in [4.69, 9.17) is 16.3 Å². The standard InChI is InChI=1S/C20H29ClN4O3/c1-4-28-19(27)15-7-6-12-25(13-15)20(22-3)23-11-10-18(26)24-17-9-5-8-16(21)14(17)2/h5,8-9,15H,4,6-7,10-13H2,1-3H3,(H,22,23)(H,24,26). The van der Waals surface area contributed by atoms with Gasteiger partial charge in [0.15, 0.2) is 5.96 Å². The Balaban J connectivity index is 1.82. The summed E-state index contributed by atoms with van der Waals surface area (Å²) < 4.78 is 5.14. The zero-order chi connectivity index (χ0) is 20.5. The topological polar surface area (TPSA) is 83.0 Å². The molecule has 0 bridgehead atoms. The van der Waals surface area contributed by atoms with Crippen LogP contribution >= 0.6 is 11.6 Å². The van der Waals surface area contributed by atoms with Gasteiger partial charge >= 0.3 is 5.97 Å². The molecule has 1 aromatic rings. The number of hydrogen-bond donors (Lipinski definition) is 2. The summed E-state index contributed by atoms with van der Waals surface area (Å²) in [6.45, 7) is 5.92. The summed E-state index contributed by atoms with van der Waals surface area (Å²) in [6, 6.07) is 5.43. The molecule has 1 fully saturated rings. The Bertz CT molecular complexity index is 723. The fourth-order valence-electron chi connectivity index (χ4n) is 3.20. The predicted molar refractivity (Wildman–Crippen MR) is 112 cm³/mol. The molecule has 2 rings (SSSR count). The maximum Gasteiger partial charge on any atom is 0.310 e. The number of nitrogens with zero attached hydrogens (tertiary/aromatic N) is 2. The van der Waals surface area contributed by atoms with Crippen LogP contribution in [0.1, 0.15) is 31.7 Å². The van der Waals surface area contributed by atoms with E-state index in [1.165, 1.54) is 0 Å². The van der Waals surface area contributed by atoms with Gasteiger partial charge in [-0.3, -0.25) is 14.6 Å². The number of nitrogens with one attached hydrogen (secondary N) is 2. The summed E-state index contributed by atoms with van der Waals surface area (Å²) >= 11 is 6.08. The van der Waals surface area contributed by atoms with E-state index in [1.807, 2.05) is 24.8 Å². The van der Waals surface area contributed by atoms with Crippen LogP contribution < -0.4 is 10.6 Å². The van der Waals surface area contributed by atoms with Crippen molar-refractivity contribution in [3.05, 3.63) is 28.8 Å². The number of benzene rings is 1. The summed E-state index contributed by atoms with van der Waals surface area (Å²) in [7, 11) is 1.70. The lowest BCUT2D eigenvalue weighted by molar-refractivity contribution is -0.149.